The number of carbonyl (C=O) groups is 1. The van der Waals surface area contributed by atoms with Crippen molar-refractivity contribution in [2.45, 2.75) is 38.5 Å². The Morgan fingerprint density at radius 2 is 1.76 bits per heavy atom. The SMILES string of the molecule is O=C(CN1CCC2(CCCC2)CC1)c1ccc(F)cc1F. The first-order valence-corrected chi connectivity index (χ1v) is 7.79. The molecule has 21 heavy (non-hydrogen) atoms. The maximum atomic E-state index is 13.6. The fourth-order valence-corrected chi connectivity index (χ4v) is 3.81. The molecule has 1 saturated heterocycles. The maximum Gasteiger partial charge on any atom is 0.179 e. The number of benzene rings is 1. The molecule has 2 aliphatic rings. The van der Waals surface area contributed by atoms with E-state index in [4.69, 9.17) is 0 Å². The van der Waals surface area contributed by atoms with Crippen molar-refractivity contribution in [2.75, 3.05) is 19.6 Å². The summed E-state index contributed by atoms with van der Waals surface area (Å²) >= 11 is 0. The molecule has 0 radical (unpaired) electrons. The third kappa shape index (κ3) is 3.15. The Kier molecular flexibility index (Phi) is 4.07. The molecule has 1 aromatic rings. The van der Waals surface area contributed by atoms with Gasteiger partial charge in [-0.05, 0) is 56.3 Å². The number of nitrogens with zero attached hydrogens (tertiary/aromatic N) is 1. The first-order chi connectivity index (χ1) is 10.1. The predicted octanol–water partition coefficient (Wildman–Crippen LogP) is 3.80. The molecular formula is C17H21F2NO. The van der Waals surface area contributed by atoms with Crippen molar-refractivity contribution in [3.63, 3.8) is 0 Å². The number of likely N-dealkylation sites (tertiary alicyclic amines) is 1. The van der Waals surface area contributed by atoms with Crippen LogP contribution in [0, 0.1) is 17.0 Å². The summed E-state index contributed by atoms with van der Waals surface area (Å²) in [6.07, 6.45) is 7.60. The first kappa shape index (κ1) is 14.6. The minimum Gasteiger partial charge on any atom is -0.296 e. The molecule has 0 unspecified atom stereocenters. The molecule has 1 aromatic carbocycles. The van der Waals surface area contributed by atoms with Gasteiger partial charge in [-0.25, -0.2) is 8.78 Å². The fraction of sp³-hybridized carbons (Fsp3) is 0.588. The Labute approximate surface area is 124 Å². The van der Waals surface area contributed by atoms with Crippen LogP contribution in [0.5, 0.6) is 0 Å². The molecule has 1 aliphatic heterocycles. The Morgan fingerprint density at radius 3 is 2.38 bits per heavy atom. The second-order valence-corrected chi connectivity index (χ2v) is 6.53. The van der Waals surface area contributed by atoms with Crippen molar-refractivity contribution >= 4 is 5.78 Å². The van der Waals surface area contributed by atoms with Gasteiger partial charge in [0.25, 0.3) is 0 Å². The second kappa shape index (κ2) is 5.84. The molecule has 3 rings (SSSR count). The van der Waals surface area contributed by atoms with E-state index in [1.807, 2.05) is 0 Å². The van der Waals surface area contributed by atoms with Crippen LogP contribution in [0.1, 0.15) is 48.9 Å². The molecule has 1 heterocycles. The summed E-state index contributed by atoms with van der Waals surface area (Å²) in [6, 6.07) is 3.16. The third-order valence-corrected chi connectivity index (χ3v) is 5.18. The van der Waals surface area contributed by atoms with E-state index in [0.29, 0.717) is 5.41 Å². The van der Waals surface area contributed by atoms with Gasteiger partial charge in [-0.3, -0.25) is 9.69 Å². The average Bonchev–Trinajstić information content (AvgIpc) is 2.90. The lowest BCUT2D eigenvalue weighted by Crippen LogP contribution is -2.41. The zero-order chi connectivity index (χ0) is 14.9. The molecule has 1 spiro atoms. The number of carbonyl (C=O) groups excluding carboxylic acids is 1. The van der Waals surface area contributed by atoms with E-state index in [1.165, 1.54) is 31.7 Å². The summed E-state index contributed by atoms with van der Waals surface area (Å²) in [5.41, 5.74) is 0.512. The van der Waals surface area contributed by atoms with E-state index in [2.05, 4.69) is 4.90 Å². The van der Waals surface area contributed by atoms with Gasteiger partial charge in [-0.15, -0.1) is 0 Å². The summed E-state index contributed by atoms with van der Waals surface area (Å²) in [5.74, 6) is -1.66. The van der Waals surface area contributed by atoms with Gasteiger partial charge < -0.3 is 0 Å². The van der Waals surface area contributed by atoms with Gasteiger partial charge in [0, 0.05) is 6.07 Å². The van der Waals surface area contributed by atoms with Crippen LogP contribution in [-0.2, 0) is 0 Å². The van der Waals surface area contributed by atoms with Crippen LogP contribution < -0.4 is 0 Å². The molecule has 2 nitrogen and oxygen atoms in total. The molecule has 0 bridgehead atoms. The smallest absolute Gasteiger partial charge is 0.179 e. The van der Waals surface area contributed by atoms with Gasteiger partial charge in [-0.1, -0.05) is 12.8 Å². The highest BCUT2D eigenvalue weighted by molar-refractivity contribution is 5.97. The lowest BCUT2D eigenvalue weighted by molar-refractivity contribution is 0.0794. The first-order valence-electron chi connectivity index (χ1n) is 7.79. The number of hydrogen-bond donors (Lipinski definition) is 0. The third-order valence-electron chi connectivity index (χ3n) is 5.18. The summed E-state index contributed by atoms with van der Waals surface area (Å²) in [7, 11) is 0. The maximum absolute atomic E-state index is 13.6. The lowest BCUT2D eigenvalue weighted by Gasteiger charge is -2.39. The predicted molar refractivity (Wildman–Crippen MR) is 77.3 cm³/mol. The summed E-state index contributed by atoms with van der Waals surface area (Å²) in [6.45, 7) is 2.06. The molecule has 114 valence electrons. The fourth-order valence-electron chi connectivity index (χ4n) is 3.81. The van der Waals surface area contributed by atoms with E-state index < -0.39 is 11.6 Å². The van der Waals surface area contributed by atoms with Gasteiger partial charge in [0.1, 0.15) is 11.6 Å². The standard InChI is InChI=1S/C17H21F2NO/c18-13-3-4-14(15(19)11-13)16(21)12-20-9-7-17(8-10-20)5-1-2-6-17/h3-4,11H,1-2,5-10,12H2. The normalized spacial score (nSPS) is 21.8. The molecular weight excluding hydrogens is 272 g/mol. The van der Waals surface area contributed by atoms with E-state index in [0.717, 1.165) is 38.1 Å². The van der Waals surface area contributed by atoms with Gasteiger partial charge in [0.15, 0.2) is 5.78 Å². The second-order valence-electron chi connectivity index (χ2n) is 6.53. The quantitative estimate of drug-likeness (QED) is 0.790. The molecule has 0 atom stereocenters. The number of halogens is 2. The Morgan fingerprint density at radius 1 is 1.10 bits per heavy atom. The zero-order valence-corrected chi connectivity index (χ0v) is 12.2. The van der Waals surface area contributed by atoms with Crippen LogP contribution in [0.2, 0.25) is 0 Å². The molecule has 1 saturated carbocycles. The van der Waals surface area contributed by atoms with Crippen molar-refractivity contribution < 1.29 is 13.6 Å². The van der Waals surface area contributed by atoms with E-state index in [1.54, 1.807) is 0 Å². The number of piperidine rings is 1. The van der Waals surface area contributed by atoms with Crippen molar-refractivity contribution in [1.82, 2.24) is 4.90 Å². The van der Waals surface area contributed by atoms with Crippen LogP contribution in [-0.4, -0.2) is 30.3 Å². The highest BCUT2D eigenvalue weighted by Gasteiger charge is 2.37. The monoisotopic (exact) mass is 293 g/mol. The molecule has 0 aromatic heterocycles. The minimum absolute atomic E-state index is 0.00227. The largest absolute Gasteiger partial charge is 0.296 e. The van der Waals surface area contributed by atoms with Crippen LogP contribution in [0.4, 0.5) is 8.78 Å². The number of rotatable bonds is 3. The summed E-state index contributed by atoms with van der Waals surface area (Å²) in [4.78, 5) is 14.3. The zero-order valence-electron chi connectivity index (χ0n) is 12.2. The van der Waals surface area contributed by atoms with Crippen molar-refractivity contribution in [3.05, 3.63) is 35.4 Å². The van der Waals surface area contributed by atoms with Crippen LogP contribution in [0.15, 0.2) is 18.2 Å². The van der Waals surface area contributed by atoms with E-state index in [9.17, 15) is 13.6 Å². The summed E-state index contributed by atoms with van der Waals surface area (Å²) in [5, 5.41) is 0. The number of hydrogen-bond acceptors (Lipinski definition) is 2. The van der Waals surface area contributed by atoms with Gasteiger partial charge in [0.05, 0.1) is 12.1 Å². The highest BCUT2D eigenvalue weighted by atomic mass is 19.1. The van der Waals surface area contributed by atoms with Crippen LogP contribution in [0.25, 0.3) is 0 Å². The highest BCUT2D eigenvalue weighted by Crippen LogP contribution is 2.46. The average molecular weight is 293 g/mol. The van der Waals surface area contributed by atoms with Crippen LogP contribution in [0.3, 0.4) is 0 Å². The van der Waals surface area contributed by atoms with Crippen molar-refractivity contribution in [1.29, 1.82) is 0 Å². The summed E-state index contributed by atoms with van der Waals surface area (Å²) < 4.78 is 26.5. The molecule has 1 aliphatic carbocycles. The van der Waals surface area contributed by atoms with Gasteiger partial charge >= 0.3 is 0 Å². The minimum atomic E-state index is -0.760. The topological polar surface area (TPSA) is 20.3 Å². The van der Waals surface area contributed by atoms with Gasteiger partial charge in [0.2, 0.25) is 0 Å². The van der Waals surface area contributed by atoms with Crippen molar-refractivity contribution in [3.8, 4) is 0 Å². The molecule has 2 fully saturated rings. The van der Waals surface area contributed by atoms with Crippen molar-refractivity contribution in [2.24, 2.45) is 5.41 Å². The molecule has 4 heteroatoms. The number of ketones is 1. The molecule has 0 amide bonds. The van der Waals surface area contributed by atoms with Crippen LogP contribution >= 0.6 is 0 Å². The Bertz CT molecular complexity index is 528. The van der Waals surface area contributed by atoms with E-state index >= 15 is 0 Å². The number of Topliss-reactive ketones (excluding diaryl/α,β-unsaturated/α-hetero) is 1. The van der Waals surface area contributed by atoms with Gasteiger partial charge in [-0.2, -0.15) is 0 Å². The molecule has 0 N–H and O–H groups in total. The lowest BCUT2D eigenvalue weighted by atomic mass is 9.77. The Balaban J connectivity index is 1.58. The van der Waals surface area contributed by atoms with E-state index in [-0.39, 0.29) is 17.9 Å². The Hall–Kier alpha value is -1.29.